The molecule has 0 aliphatic rings. The van der Waals surface area contributed by atoms with E-state index in [4.69, 9.17) is 37.4 Å². The first-order valence-corrected chi connectivity index (χ1v) is 8.37. The minimum Gasteiger partial charge on any atom is -0.495 e. The summed E-state index contributed by atoms with van der Waals surface area (Å²) >= 11 is 11.7. The number of ether oxygens (including phenoxy) is 3. The molecule has 1 unspecified atom stereocenters. The number of esters is 1. The molecule has 2 aromatic rings. The van der Waals surface area contributed by atoms with Crippen LogP contribution in [0.4, 0.5) is 5.69 Å². The molecular weight excluding hydrogens is 381 g/mol. The first kappa shape index (κ1) is 19.9. The molecule has 0 aliphatic heterocycles. The number of hydrogen-bond donors (Lipinski definition) is 1. The molecule has 8 heteroatoms. The normalized spacial score (nSPS) is 11.4. The summed E-state index contributed by atoms with van der Waals surface area (Å²) in [5.41, 5.74) is 0.380. The SMILES string of the molecule is COc1ccc(Cl)cc1NC(=O)C(C)OC(=O)COc1ccc(Cl)cc1. The van der Waals surface area contributed by atoms with E-state index in [1.54, 1.807) is 36.4 Å². The minimum absolute atomic E-state index is 0.334. The van der Waals surface area contributed by atoms with E-state index in [0.29, 0.717) is 27.2 Å². The van der Waals surface area contributed by atoms with Gasteiger partial charge in [0.25, 0.3) is 5.91 Å². The van der Waals surface area contributed by atoms with Gasteiger partial charge in [-0.25, -0.2) is 4.79 Å². The van der Waals surface area contributed by atoms with Crippen LogP contribution < -0.4 is 14.8 Å². The van der Waals surface area contributed by atoms with Gasteiger partial charge in [0, 0.05) is 10.0 Å². The maximum atomic E-state index is 12.2. The van der Waals surface area contributed by atoms with Gasteiger partial charge in [-0.1, -0.05) is 23.2 Å². The van der Waals surface area contributed by atoms with Crippen molar-refractivity contribution < 1.29 is 23.8 Å². The van der Waals surface area contributed by atoms with Crippen molar-refractivity contribution in [3.63, 3.8) is 0 Å². The summed E-state index contributed by atoms with van der Waals surface area (Å²) in [6.07, 6.45) is -1.03. The lowest BCUT2D eigenvalue weighted by Gasteiger charge is -2.15. The summed E-state index contributed by atoms with van der Waals surface area (Å²) in [5, 5.41) is 3.60. The summed E-state index contributed by atoms with van der Waals surface area (Å²) in [4.78, 5) is 24.0. The van der Waals surface area contributed by atoms with E-state index < -0.39 is 18.0 Å². The van der Waals surface area contributed by atoms with Crippen LogP contribution in [0, 0.1) is 0 Å². The number of carbonyl (C=O) groups excluding carboxylic acids is 2. The Bertz CT molecular complexity index is 780. The van der Waals surface area contributed by atoms with Crippen molar-refractivity contribution in [3.8, 4) is 11.5 Å². The highest BCUT2D eigenvalue weighted by atomic mass is 35.5. The largest absolute Gasteiger partial charge is 0.495 e. The first-order valence-electron chi connectivity index (χ1n) is 7.61. The lowest BCUT2D eigenvalue weighted by molar-refractivity contribution is -0.155. The van der Waals surface area contributed by atoms with Gasteiger partial charge in [0.15, 0.2) is 12.7 Å². The maximum absolute atomic E-state index is 12.2. The third kappa shape index (κ3) is 5.82. The van der Waals surface area contributed by atoms with E-state index in [-0.39, 0.29) is 6.61 Å². The van der Waals surface area contributed by atoms with E-state index in [0.717, 1.165) is 0 Å². The fraction of sp³-hybridized carbons (Fsp3) is 0.222. The zero-order chi connectivity index (χ0) is 19.1. The molecule has 0 radical (unpaired) electrons. The number of halogens is 2. The fourth-order valence-corrected chi connectivity index (χ4v) is 2.27. The summed E-state index contributed by atoms with van der Waals surface area (Å²) in [6.45, 7) is 1.12. The molecule has 26 heavy (non-hydrogen) atoms. The van der Waals surface area contributed by atoms with E-state index in [1.165, 1.54) is 20.1 Å². The van der Waals surface area contributed by atoms with E-state index in [1.807, 2.05) is 0 Å². The van der Waals surface area contributed by atoms with Gasteiger partial charge in [-0.3, -0.25) is 4.79 Å². The lowest BCUT2D eigenvalue weighted by atomic mass is 10.2. The highest BCUT2D eigenvalue weighted by Crippen LogP contribution is 2.27. The number of methoxy groups -OCH3 is 1. The van der Waals surface area contributed by atoms with Gasteiger partial charge in [-0.2, -0.15) is 0 Å². The molecule has 0 fully saturated rings. The Balaban J connectivity index is 1.87. The first-order chi connectivity index (χ1) is 12.4. The molecule has 1 amide bonds. The Morgan fingerprint density at radius 3 is 2.38 bits per heavy atom. The highest BCUT2D eigenvalue weighted by molar-refractivity contribution is 6.31. The Kier molecular flexibility index (Phi) is 7.12. The third-order valence-corrected chi connectivity index (χ3v) is 3.75. The molecule has 0 aliphatic carbocycles. The Hall–Kier alpha value is -2.44. The van der Waals surface area contributed by atoms with Crippen molar-refractivity contribution >= 4 is 40.8 Å². The monoisotopic (exact) mass is 397 g/mol. The summed E-state index contributed by atoms with van der Waals surface area (Å²) in [7, 11) is 1.47. The number of hydrogen-bond acceptors (Lipinski definition) is 5. The summed E-state index contributed by atoms with van der Waals surface area (Å²) in [6, 6.07) is 11.3. The van der Waals surface area contributed by atoms with Crippen LogP contribution >= 0.6 is 23.2 Å². The van der Waals surface area contributed by atoms with Crippen LogP contribution in [0.1, 0.15) is 6.92 Å². The van der Waals surface area contributed by atoms with Gasteiger partial charge in [-0.15, -0.1) is 0 Å². The zero-order valence-electron chi connectivity index (χ0n) is 14.1. The van der Waals surface area contributed by atoms with Gasteiger partial charge in [0.05, 0.1) is 12.8 Å². The Morgan fingerprint density at radius 2 is 1.73 bits per heavy atom. The molecular formula is C18H17Cl2NO5. The Labute approximate surface area is 160 Å². The van der Waals surface area contributed by atoms with Crippen molar-refractivity contribution in [1.29, 1.82) is 0 Å². The average Bonchev–Trinajstić information content (AvgIpc) is 2.61. The van der Waals surface area contributed by atoms with Gasteiger partial charge in [0.1, 0.15) is 11.5 Å². The number of carbonyl (C=O) groups is 2. The standard InChI is InChI=1S/C18H17Cl2NO5/c1-11(18(23)21-15-9-13(20)5-8-16(15)24-2)26-17(22)10-25-14-6-3-12(19)4-7-14/h3-9,11H,10H2,1-2H3,(H,21,23). The second-order valence-corrected chi connectivity index (χ2v) is 6.08. The minimum atomic E-state index is -1.03. The van der Waals surface area contributed by atoms with E-state index in [2.05, 4.69) is 5.32 Å². The Morgan fingerprint density at radius 1 is 1.08 bits per heavy atom. The predicted octanol–water partition coefficient (Wildman–Crippen LogP) is 3.95. The molecule has 0 aromatic heterocycles. The number of rotatable bonds is 7. The average molecular weight is 398 g/mol. The molecule has 138 valence electrons. The van der Waals surface area contributed by atoms with Crippen molar-refractivity contribution in [1.82, 2.24) is 0 Å². The maximum Gasteiger partial charge on any atom is 0.344 e. The van der Waals surface area contributed by atoms with Crippen LogP contribution in [0.15, 0.2) is 42.5 Å². The van der Waals surface area contributed by atoms with Crippen LogP contribution in [-0.4, -0.2) is 31.7 Å². The number of nitrogens with one attached hydrogen (secondary N) is 1. The third-order valence-electron chi connectivity index (χ3n) is 3.27. The molecule has 1 atom stereocenters. The smallest absolute Gasteiger partial charge is 0.344 e. The summed E-state index contributed by atoms with van der Waals surface area (Å²) in [5.74, 6) is -0.300. The number of anilines is 1. The van der Waals surface area contributed by atoms with Crippen molar-refractivity contribution in [2.75, 3.05) is 19.0 Å². The second-order valence-electron chi connectivity index (χ2n) is 5.21. The summed E-state index contributed by atoms with van der Waals surface area (Å²) < 4.78 is 15.5. The molecule has 0 spiro atoms. The molecule has 1 N–H and O–H groups in total. The van der Waals surface area contributed by atoms with Gasteiger partial charge in [-0.05, 0) is 49.4 Å². The fourth-order valence-electron chi connectivity index (χ4n) is 1.97. The van der Waals surface area contributed by atoms with Crippen LogP contribution in [0.3, 0.4) is 0 Å². The number of benzene rings is 2. The molecule has 2 aromatic carbocycles. The van der Waals surface area contributed by atoms with Crippen LogP contribution in [0.2, 0.25) is 10.0 Å². The van der Waals surface area contributed by atoms with Crippen LogP contribution in [0.25, 0.3) is 0 Å². The lowest BCUT2D eigenvalue weighted by Crippen LogP contribution is -2.31. The van der Waals surface area contributed by atoms with Gasteiger partial charge < -0.3 is 19.5 Å². The van der Waals surface area contributed by atoms with E-state index >= 15 is 0 Å². The topological polar surface area (TPSA) is 73.9 Å². The molecule has 2 rings (SSSR count). The molecule has 0 heterocycles. The van der Waals surface area contributed by atoms with Crippen LogP contribution in [-0.2, 0) is 14.3 Å². The quantitative estimate of drug-likeness (QED) is 0.715. The number of amides is 1. The van der Waals surface area contributed by atoms with Crippen LogP contribution in [0.5, 0.6) is 11.5 Å². The van der Waals surface area contributed by atoms with Crippen molar-refractivity contribution in [2.45, 2.75) is 13.0 Å². The molecule has 0 saturated heterocycles. The predicted molar refractivity (Wildman–Crippen MR) is 99.1 cm³/mol. The zero-order valence-corrected chi connectivity index (χ0v) is 15.6. The van der Waals surface area contributed by atoms with Crippen molar-refractivity contribution in [2.24, 2.45) is 0 Å². The molecule has 6 nitrogen and oxygen atoms in total. The highest BCUT2D eigenvalue weighted by Gasteiger charge is 2.19. The van der Waals surface area contributed by atoms with E-state index in [9.17, 15) is 9.59 Å². The second kappa shape index (κ2) is 9.31. The molecule has 0 saturated carbocycles. The van der Waals surface area contributed by atoms with Gasteiger partial charge in [0.2, 0.25) is 0 Å². The molecule has 0 bridgehead atoms. The van der Waals surface area contributed by atoms with Gasteiger partial charge >= 0.3 is 5.97 Å². The van der Waals surface area contributed by atoms with Crippen molar-refractivity contribution in [3.05, 3.63) is 52.5 Å².